The van der Waals surface area contributed by atoms with E-state index in [0.717, 1.165) is 31.5 Å². The van der Waals surface area contributed by atoms with E-state index >= 15 is 0 Å². The lowest BCUT2D eigenvalue weighted by molar-refractivity contribution is -0.143. The van der Waals surface area contributed by atoms with Crippen molar-refractivity contribution in [2.75, 3.05) is 18.5 Å². The Morgan fingerprint density at radius 3 is 2.80 bits per heavy atom. The maximum absolute atomic E-state index is 11.9. The van der Waals surface area contributed by atoms with Gasteiger partial charge in [-0.05, 0) is 47.2 Å². The number of hydrogen-bond acceptors (Lipinski definition) is 3. The quantitative estimate of drug-likeness (QED) is 0.579. The van der Waals surface area contributed by atoms with Gasteiger partial charge in [-0.25, -0.2) is 0 Å². The van der Waals surface area contributed by atoms with Gasteiger partial charge in [0, 0.05) is 31.0 Å². The minimum Gasteiger partial charge on any atom is -0.465 e. The smallest absolute Gasteiger partial charge is 0.305 e. The summed E-state index contributed by atoms with van der Waals surface area (Å²) in [5, 5.41) is 3.38. The topological polar surface area (TPSA) is 38.3 Å². The van der Waals surface area contributed by atoms with Crippen molar-refractivity contribution in [1.82, 2.24) is 0 Å². The van der Waals surface area contributed by atoms with Crippen molar-refractivity contribution in [3.8, 4) is 0 Å². The highest BCUT2D eigenvalue weighted by molar-refractivity contribution is 5.69. The summed E-state index contributed by atoms with van der Waals surface area (Å²) in [5.74, 6) is 0.194. The molecule has 1 aliphatic carbocycles. The number of nitrogens with one attached hydrogen (secondary N) is 1. The van der Waals surface area contributed by atoms with Crippen molar-refractivity contribution in [2.45, 2.75) is 31.6 Å². The number of rotatable bonds is 0. The van der Waals surface area contributed by atoms with Gasteiger partial charge in [0.2, 0.25) is 0 Å². The molecule has 0 saturated carbocycles. The molecule has 5 rings (SSSR count). The van der Waals surface area contributed by atoms with Crippen molar-refractivity contribution in [3.63, 3.8) is 0 Å². The van der Waals surface area contributed by atoms with Gasteiger partial charge in [-0.15, -0.1) is 0 Å². The Hall–Kier alpha value is -2.55. The second-order valence-corrected chi connectivity index (χ2v) is 6.72. The van der Waals surface area contributed by atoms with Crippen molar-refractivity contribution in [3.05, 3.63) is 76.9 Å². The fraction of sp³-hybridized carbons (Fsp3) is 0.318. The zero-order valence-electron chi connectivity index (χ0n) is 14.3. The first-order valence-electron chi connectivity index (χ1n) is 9.08. The van der Waals surface area contributed by atoms with Crippen LogP contribution >= 0.6 is 0 Å². The van der Waals surface area contributed by atoms with Crippen molar-refractivity contribution in [2.24, 2.45) is 0 Å². The molecule has 0 aromatic heterocycles. The summed E-state index contributed by atoms with van der Waals surface area (Å²) in [6.07, 6.45) is 7.55. The van der Waals surface area contributed by atoms with Crippen LogP contribution in [0, 0.1) is 0 Å². The Morgan fingerprint density at radius 1 is 1.04 bits per heavy atom. The van der Waals surface area contributed by atoms with E-state index in [-0.39, 0.29) is 5.97 Å². The van der Waals surface area contributed by atoms with E-state index in [4.69, 9.17) is 4.74 Å². The lowest BCUT2D eigenvalue weighted by atomic mass is 9.81. The third-order valence-electron chi connectivity index (χ3n) is 5.09. The van der Waals surface area contributed by atoms with Crippen molar-refractivity contribution >= 4 is 11.7 Å². The summed E-state index contributed by atoms with van der Waals surface area (Å²) in [5.41, 5.74) is 6.47. The Morgan fingerprint density at radius 2 is 1.92 bits per heavy atom. The van der Waals surface area contributed by atoms with E-state index in [9.17, 15) is 4.79 Å². The summed E-state index contributed by atoms with van der Waals surface area (Å²) < 4.78 is 5.42. The van der Waals surface area contributed by atoms with Crippen molar-refractivity contribution in [1.29, 1.82) is 0 Å². The molecule has 6 bridgehead atoms. The Bertz CT molecular complexity index is 792. The average Bonchev–Trinajstić information content (AvgIpc) is 2.65. The van der Waals surface area contributed by atoms with E-state index in [2.05, 4.69) is 59.9 Å². The van der Waals surface area contributed by atoms with Gasteiger partial charge in [-0.2, -0.15) is 0 Å². The van der Waals surface area contributed by atoms with Gasteiger partial charge < -0.3 is 10.1 Å². The number of anilines is 1. The van der Waals surface area contributed by atoms with Gasteiger partial charge in [-0.3, -0.25) is 4.79 Å². The van der Waals surface area contributed by atoms with Gasteiger partial charge in [0.05, 0.1) is 6.61 Å². The Balaban J connectivity index is 1.72. The molecule has 128 valence electrons. The van der Waals surface area contributed by atoms with Gasteiger partial charge in [-0.1, -0.05) is 42.5 Å². The van der Waals surface area contributed by atoms with E-state index in [1.165, 1.54) is 22.3 Å². The number of allylic oxidation sites excluding steroid dienone is 2. The molecule has 0 fully saturated rings. The number of benzene rings is 2. The summed E-state index contributed by atoms with van der Waals surface area (Å²) in [6, 6.07) is 15.2. The van der Waals surface area contributed by atoms with Gasteiger partial charge in [0.25, 0.3) is 0 Å². The number of carbonyl (C=O) groups is 1. The van der Waals surface area contributed by atoms with E-state index in [1.807, 2.05) is 0 Å². The van der Waals surface area contributed by atoms with E-state index in [1.54, 1.807) is 0 Å². The standard InChI is InChI=1S/C22H23NO2/c24-22-8-3-14-23-18-11-9-17(10-12-18)20-6-2-5-19-16(13-15-25-22)4-1-7-21(19)20/h1-2,4,6-7,9-12,20,23H,3,5,8,13-15H2. The highest BCUT2D eigenvalue weighted by Crippen LogP contribution is 2.35. The van der Waals surface area contributed by atoms with Crippen LogP contribution in [0.3, 0.4) is 0 Å². The minimum absolute atomic E-state index is 0.105. The molecule has 1 atom stereocenters. The number of fused-ring (bicyclic) bond motifs is 9. The van der Waals surface area contributed by atoms with Crippen LogP contribution < -0.4 is 5.32 Å². The number of ether oxygens (including phenoxy) is 1. The molecule has 0 radical (unpaired) electrons. The maximum atomic E-state index is 11.9. The fourth-order valence-corrected chi connectivity index (χ4v) is 3.77. The predicted octanol–water partition coefficient (Wildman–Crippen LogP) is 4.22. The molecule has 2 aromatic rings. The summed E-state index contributed by atoms with van der Waals surface area (Å²) in [7, 11) is 0. The summed E-state index contributed by atoms with van der Waals surface area (Å²) in [6.45, 7) is 1.24. The molecule has 0 amide bonds. The molecule has 0 spiro atoms. The van der Waals surface area contributed by atoms with E-state index < -0.39 is 0 Å². The zero-order valence-corrected chi connectivity index (χ0v) is 14.3. The lowest BCUT2D eigenvalue weighted by Crippen LogP contribution is -2.13. The molecule has 3 aliphatic rings. The number of carbonyl (C=O) groups excluding carboxylic acids is 1. The summed E-state index contributed by atoms with van der Waals surface area (Å²) >= 11 is 0. The van der Waals surface area contributed by atoms with Crippen molar-refractivity contribution < 1.29 is 9.53 Å². The summed E-state index contributed by atoms with van der Waals surface area (Å²) in [4.78, 5) is 11.9. The Labute approximate surface area is 148 Å². The molecule has 3 heteroatoms. The molecule has 2 aromatic carbocycles. The third-order valence-corrected chi connectivity index (χ3v) is 5.09. The Kier molecular flexibility index (Phi) is 4.55. The first kappa shape index (κ1) is 15.9. The van der Waals surface area contributed by atoms with Gasteiger partial charge in [0.15, 0.2) is 0 Å². The van der Waals surface area contributed by atoms with Crippen LogP contribution in [0.4, 0.5) is 5.69 Å². The minimum atomic E-state index is -0.105. The normalized spacial score (nSPS) is 20.0. The number of esters is 1. The molecule has 2 aliphatic heterocycles. The molecule has 25 heavy (non-hydrogen) atoms. The molecule has 1 unspecified atom stereocenters. The fourth-order valence-electron chi connectivity index (χ4n) is 3.77. The van der Waals surface area contributed by atoms with Crippen LogP contribution in [-0.4, -0.2) is 19.1 Å². The second kappa shape index (κ2) is 7.14. The van der Waals surface area contributed by atoms with E-state index in [0.29, 0.717) is 18.9 Å². The van der Waals surface area contributed by atoms with Crippen LogP contribution in [0.1, 0.15) is 41.0 Å². The van der Waals surface area contributed by atoms with Gasteiger partial charge in [0.1, 0.15) is 0 Å². The number of hydrogen-bond donors (Lipinski definition) is 1. The first-order chi connectivity index (χ1) is 12.3. The lowest BCUT2D eigenvalue weighted by Gasteiger charge is -2.24. The highest BCUT2D eigenvalue weighted by atomic mass is 16.5. The molecule has 1 N–H and O–H groups in total. The van der Waals surface area contributed by atoms with Crippen LogP contribution in [0.5, 0.6) is 0 Å². The third kappa shape index (κ3) is 3.46. The molecule has 2 heterocycles. The zero-order chi connectivity index (χ0) is 17.1. The molecule has 3 nitrogen and oxygen atoms in total. The molecular weight excluding hydrogens is 310 g/mol. The van der Waals surface area contributed by atoms with Crippen LogP contribution in [0.15, 0.2) is 54.6 Å². The second-order valence-electron chi connectivity index (χ2n) is 6.72. The highest BCUT2D eigenvalue weighted by Gasteiger charge is 2.20. The van der Waals surface area contributed by atoms with Crippen LogP contribution in [0.2, 0.25) is 0 Å². The first-order valence-corrected chi connectivity index (χ1v) is 9.08. The largest absolute Gasteiger partial charge is 0.465 e. The van der Waals surface area contributed by atoms with Crippen LogP contribution in [-0.2, 0) is 22.4 Å². The molecule has 0 saturated heterocycles. The average molecular weight is 333 g/mol. The maximum Gasteiger partial charge on any atom is 0.305 e. The monoisotopic (exact) mass is 333 g/mol. The van der Waals surface area contributed by atoms with Crippen LogP contribution in [0.25, 0.3) is 0 Å². The SMILES string of the molecule is O=C1CCCNc2ccc(cc2)C2C=CCc3c(cccc32)CCO1. The van der Waals surface area contributed by atoms with Gasteiger partial charge >= 0.3 is 5.97 Å². The predicted molar refractivity (Wildman–Crippen MR) is 100.0 cm³/mol. The molecular formula is C22H23NO2.